The average molecular weight is 242 g/mol. The van der Waals surface area contributed by atoms with Crippen LogP contribution >= 0.6 is 0 Å². The smallest absolute Gasteiger partial charge is 0.358 e. The molecule has 0 aliphatic carbocycles. The van der Waals surface area contributed by atoms with Crippen LogP contribution in [0.5, 0.6) is 0 Å². The molecule has 9 nitrogen and oxygen atoms in total. The lowest BCUT2D eigenvalue weighted by molar-refractivity contribution is 0.0690. The summed E-state index contributed by atoms with van der Waals surface area (Å²) in [5.41, 5.74) is 4.79. The monoisotopic (exact) mass is 242 g/mol. The highest BCUT2D eigenvalue weighted by Crippen LogP contribution is 1.91. The highest BCUT2D eigenvalue weighted by Gasteiger charge is 2.07. The van der Waals surface area contributed by atoms with Crippen LogP contribution in [0.3, 0.4) is 0 Å². The Morgan fingerprint density at radius 3 is 2.76 bits per heavy atom. The Labute approximate surface area is 97.0 Å². The van der Waals surface area contributed by atoms with Crippen LogP contribution in [0.1, 0.15) is 10.5 Å². The summed E-state index contributed by atoms with van der Waals surface area (Å²) >= 11 is 0. The lowest BCUT2D eigenvalue weighted by Crippen LogP contribution is -2.36. The number of nitrogens with one attached hydrogen (secondary N) is 2. The number of rotatable bonds is 7. The molecule has 0 spiro atoms. The minimum absolute atomic E-state index is 0.0830. The molecule has 0 unspecified atom stereocenters. The van der Waals surface area contributed by atoms with Crippen LogP contribution in [0.2, 0.25) is 0 Å². The molecule has 0 fully saturated rings. The summed E-state index contributed by atoms with van der Waals surface area (Å²) in [7, 11) is 0. The van der Waals surface area contributed by atoms with Gasteiger partial charge >= 0.3 is 12.0 Å². The second-order valence-electron chi connectivity index (χ2n) is 3.21. The molecule has 9 heteroatoms. The van der Waals surface area contributed by atoms with Crippen LogP contribution in [0.25, 0.3) is 0 Å². The SMILES string of the molecule is NC(=O)NCCNCCn1cc(C(=O)O)nn1. The number of nitrogens with zero attached hydrogens (tertiary/aromatic N) is 3. The van der Waals surface area contributed by atoms with Crippen molar-refractivity contribution in [2.24, 2.45) is 5.73 Å². The van der Waals surface area contributed by atoms with Gasteiger partial charge in [0, 0.05) is 19.6 Å². The van der Waals surface area contributed by atoms with Crippen molar-refractivity contribution in [2.75, 3.05) is 19.6 Å². The fraction of sp³-hybridized carbons (Fsp3) is 0.500. The van der Waals surface area contributed by atoms with Gasteiger partial charge in [-0.25, -0.2) is 9.59 Å². The first-order valence-electron chi connectivity index (χ1n) is 4.97. The summed E-state index contributed by atoms with van der Waals surface area (Å²) in [5.74, 6) is -1.10. The molecule has 1 rings (SSSR count). The molecule has 94 valence electrons. The molecular weight excluding hydrogens is 228 g/mol. The van der Waals surface area contributed by atoms with Crippen molar-refractivity contribution in [3.8, 4) is 0 Å². The highest BCUT2D eigenvalue weighted by atomic mass is 16.4. The summed E-state index contributed by atoms with van der Waals surface area (Å²) in [6.45, 7) is 2.09. The number of carbonyl (C=O) groups is 2. The van der Waals surface area contributed by atoms with Crippen LogP contribution < -0.4 is 16.4 Å². The van der Waals surface area contributed by atoms with E-state index in [4.69, 9.17) is 10.8 Å². The second kappa shape index (κ2) is 6.43. The molecule has 0 aliphatic heterocycles. The van der Waals surface area contributed by atoms with E-state index in [1.54, 1.807) is 0 Å². The van der Waals surface area contributed by atoms with Crippen LogP contribution in [0, 0.1) is 0 Å². The first-order valence-corrected chi connectivity index (χ1v) is 4.97. The van der Waals surface area contributed by atoms with E-state index >= 15 is 0 Å². The fourth-order valence-electron chi connectivity index (χ4n) is 1.10. The van der Waals surface area contributed by atoms with Crippen LogP contribution in [0.4, 0.5) is 4.79 Å². The molecule has 0 saturated carbocycles. The molecule has 0 radical (unpaired) electrons. The number of aromatic carboxylic acids is 1. The van der Waals surface area contributed by atoms with Gasteiger partial charge in [-0.3, -0.25) is 4.68 Å². The maximum atomic E-state index is 10.5. The van der Waals surface area contributed by atoms with E-state index in [2.05, 4.69) is 20.9 Å². The van der Waals surface area contributed by atoms with E-state index in [9.17, 15) is 9.59 Å². The number of aromatic nitrogens is 3. The molecule has 1 heterocycles. The number of hydrogen-bond donors (Lipinski definition) is 4. The van der Waals surface area contributed by atoms with Gasteiger partial charge in [0.15, 0.2) is 5.69 Å². The maximum Gasteiger partial charge on any atom is 0.358 e. The molecule has 17 heavy (non-hydrogen) atoms. The normalized spacial score (nSPS) is 10.1. The van der Waals surface area contributed by atoms with Crippen LogP contribution in [-0.2, 0) is 6.54 Å². The molecule has 2 amide bonds. The van der Waals surface area contributed by atoms with E-state index in [-0.39, 0.29) is 5.69 Å². The van der Waals surface area contributed by atoms with Gasteiger partial charge < -0.3 is 21.5 Å². The van der Waals surface area contributed by atoms with Crippen molar-refractivity contribution < 1.29 is 14.7 Å². The lowest BCUT2D eigenvalue weighted by atomic mass is 10.5. The lowest BCUT2D eigenvalue weighted by Gasteiger charge is -2.04. The number of carboxylic acids is 1. The third kappa shape index (κ3) is 4.93. The van der Waals surface area contributed by atoms with Gasteiger partial charge in [0.25, 0.3) is 0 Å². The van der Waals surface area contributed by atoms with Crippen molar-refractivity contribution in [3.63, 3.8) is 0 Å². The van der Waals surface area contributed by atoms with Crippen LogP contribution in [0.15, 0.2) is 6.20 Å². The van der Waals surface area contributed by atoms with Crippen molar-refractivity contribution >= 4 is 12.0 Å². The Morgan fingerprint density at radius 2 is 2.18 bits per heavy atom. The molecule has 0 atom stereocenters. The number of hydrogen-bond acceptors (Lipinski definition) is 5. The Kier molecular flexibility index (Phi) is 4.88. The van der Waals surface area contributed by atoms with Crippen molar-refractivity contribution in [3.05, 3.63) is 11.9 Å². The van der Waals surface area contributed by atoms with Gasteiger partial charge in [0.05, 0.1) is 12.7 Å². The minimum atomic E-state index is -1.10. The summed E-state index contributed by atoms with van der Waals surface area (Å²) in [6, 6.07) is -0.561. The molecular formula is C8H14N6O3. The summed E-state index contributed by atoms with van der Waals surface area (Å²) < 4.78 is 1.43. The number of carboxylic acid groups (broad SMARTS) is 1. The Morgan fingerprint density at radius 1 is 1.41 bits per heavy atom. The fourth-order valence-corrected chi connectivity index (χ4v) is 1.10. The summed E-state index contributed by atoms with van der Waals surface area (Å²) in [4.78, 5) is 20.8. The average Bonchev–Trinajstić information content (AvgIpc) is 2.71. The van der Waals surface area contributed by atoms with Gasteiger partial charge in [-0.2, -0.15) is 0 Å². The van der Waals surface area contributed by atoms with Crippen LogP contribution in [-0.4, -0.2) is 51.7 Å². The molecule has 0 saturated heterocycles. The number of urea groups is 1. The van der Waals surface area contributed by atoms with Crippen molar-refractivity contribution in [1.29, 1.82) is 0 Å². The highest BCUT2D eigenvalue weighted by molar-refractivity contribution is 5.84. The molecule has 5 N–H and O–H groups in total. The van der Waals surface area contributed by atoms with E-state index < -0.39 is 12.0 Å². The number of primary amides is 1. The molecule has 0 aromatic carbocycles. The Bertz CT molecular complexity index is 390. The van der Waals surface area contributed by atoms with Crippen molar-refractivity contribution in [2.45, 2.75) is 6.54 Å². The van der Waals surface area contributed by atoms with E-state index in [0.717, 1.165) is 0 Å². The Hall–Kier alpha value is -2.16. The Balaban J connectivity index is 2.13. The second-order valence-corrected chi connectivity index (χ2v) is 3.21. The van der Waals surface area contributed by atoms with Gasteiger partial charge in [-0.05, 0) is 0 Å². The number of carbonyl (C=O) groups excluding carboxylic acids is 1. The third-order valence-corrected chi connectivity index (χ3v) is 1.88. The number of amides is 2. The van der Waals surface area contributed by atoms with E-state index in [1.807, 2.05) is 0 Å². The first kappa shape index (κ1) is 12.9. The minimum Gasteiger partial charge on any atom is -0.476 e. The predicted octanol–water partition coefficient (Wildman–Crippen LogP) is -1.77. The zero-order valence-electron chi connectivity index (χ0n) is 9.09. The number of nitrogens with two attached hydrogens (primary N) is 1. The predicted molar refractivity (Wildman–Crippen MR) is 57.4 cm³/mol. The molecule has 0 bridgehead atoms. The summed E-state index contributed by atoms with van der Waals surface area (Å²) in [6.07, 6.45) is 1.35. The third-order valence-electron chi connectivity index (χ3n) is 1.88. The van der Waals surface area contributed by atoms with Gasteiger partial charge in [-0.1, -0.05) is 5.21 Å². The van der Waals surface area contributed by atoms with Crippen molar-refractivity contribution in [1.82, 2.24) is 25.6 Å². The quantitative estimate of drug-likeness (QED) is 0.418. The maximum absolute atomic E-state index is 10.5. The van der Waals surface area contributed by atoms with Gasteiger partial charge in [0.1, 0.15) is 0 Å². The largest absolute Gasteiger partial charge is 0.476 e. The molecule has 1 aromatic heterocycles. The molecule has 0 aliphatic rings. The molecule has 1 aromatic rings. The van der Waals surface area contributed by atoms with Gasteiger partial charge in [0.2, 0.25) is 0 Å². The zero-order chi connectivity index (χ0) is 12.7. The zero-order valence-corrected chi connectivity index (χ0v) is 9.09. The first-order chi connectivity index (χ1) is 8.09. The standard InChI is InChI=1S/C8H14N6O3/c9-8(17)11-2-1-10-3-4-14-5-6(7(15)16)12-13-14/h5,10H,1-4H2,(H,15,16)(H3,9,11,17). The van der Waals surface area contributed by atoms with E-state index in [1.165, 1.54) is 10.9 Å². The van der Waals surface area contributed by atoms with Gasteiger partial charge in [-0.15, -0.1) is 5.10 Å². The topological polar surface area (TPSA) is 135 Å². The van der Waals surface area contributed by atoms with E-state index in [0.29, 0.717) is 26.2 Å². The summed E-state index contributed by atoms with van der Waals surface area (Å²) in [5, 5.41) is 21.2.